The Morgan fingerprint density at radius 1 is 1.44 bits per heavy atom. The van der Waals surface area contributed by atoms with Crippen LogP contribution in [0.1, 0.15) is 35.3 Å². The van der Waals surface area contributed by atoms with E-state index in [0.717, 1.165) is 18.0 Å². The van der Waals surface area contributed by atoms with Crippen molar-refractivity contribution in [3.05, 3.63) is 21.9 Å². The van der Waals surface area contributed by atoms with Crippen LogP contribution in [0.15, 0.2) is 12.1 Å². The molecule has 1 heterocycles. The number of ketones is 1. The zero-order valence-corrected chi connectivity index (χ0v) is 11.4. The molecule has 0 spiro atoms. The number of likely N-dealkylation sites (N-methyl/N-ethyl adjacent to an activating group) is 1. The van der Waals surface area contributed by atoms with Gasteiger partial charge >= 0.3 is 0 Å². The summed E-state index contributed by atoms with van der Waals surface area (Å²) >= 11 is 1.59. The van der Waals surface area contributed by atoms with Crippen molar-refractivity contribution in [2.75, 3.05) is 19.6 Å². The lowest BCUT2D eigenvalue weighted by Gasteiger charge is -2.21. The lowest BCUT2D eigenvalue weighted by atomic mass is 10.2. The standard InChI is InChI=1S/C13H21NOS/c1-5-14(8-10(2)3)9-12(15)13-7-6-11(4)16-13/h6-7,10H,5,8-9H2,1-4H3. The van der Waals surface area contributed by atoms with Crippen LogP contribution in [-0.2, 0) is 0 Å². The fourth-order valence-electron chi connectivity index (χ4n) is 1.69. The summed E-state index contributed by atoms with van der Waals surface area (Å²) in [5, 5.41) is 0. The molecule has 1 aromatic heterocycles. The Labute approximate surface area is 102 Å². The van der Waals surface area contributed by atoms with E-state index < -0.39 is 0 Å². The van der Waals surface area contributed by atoms with Crippen molar-refractivity contribution < 1.29 is 4.79 Å². The van der Waals surface area contributed by atoms with Crippen LogP contribution in [0.3, 0.4) is 0 Å². The van der Waals surface area contributed by atoms with Gasteiger partial charge in [-0.05, 0) is 31.5 Å². The monoisotopic (exact) mass is 239 g/mol. The van der Waals surface area contributed by atoms with Crippen molar-refractivity contribution in [3.8, 4) is 0 Å². The molecule has 0 saturated heterocycles. The molecule has 1 rings (SSSR count). The molecule has 2 nitrogen and oxygen atoms in total. The van der Waals surface area contributed by atoms with E-state index in [2.05, 4.69) is 25.7 Å². The van der Waals surface area contributed by atoms with E-state index in [1.165, 1.54) is 4.88 Å². The molecule has 0 bridgehead atoms. The third kappa shape index (κ3) is 4.06. The van der Waals surface area contributed by atoms with Crippen molar-refractivity contribution in [2.45, 2.75) is 27.7 Å². The predicted octanol–water partition coefficient (Wildman–Crippen LogP) is 3.22. The maximum absolute atomic E-state index is 12.0. The summed E-state index contributed by atoms with van der Waals surface area (Å²) in [6, 6.07) is 3.95. The maximum atomic E-state index is 12.0. The predicted molar refractivity (Wildman–Crippen MR) is 70.3 cm³/mol. The molecule has 0 aliphatic heterocycles. The van der Waals surface area contributed by atoms with Crippen LogP contribution in [-0.4, -0.2) is 30.3 Å². The van der Waals surface area contributed by atoms with E-state index in [1.807, 2.05) is 19.1 Å². The number of thiophene rings is 1. The van der Waals surface area contributed by atoms with Gasteiger partial charge in [-0.1, -0.05) is 20.8 Å². The summed E-state index contributed by atoms with van der Waals surface area (Å²) in [5.41, 5.74) is 0. The molecule has 0 unspecified atom stereocenters. The summed E-state index contributed by atoms with van der Waals surface area (Å²) in [4.78, 5) is 16.3. The van der Waals surface area contributed by atoms with Crippen molar-refractivity contribution in [3.63, 3.8) is 0 Å². The number of hydrogen-bond acceptors (Lipinski definition) is 3. The molecule has 0 aliphatic carbocycles. The molecule has 3 heteroatoms. The van der Waals surface area contributed by atoms with Gasteiger partial charge in [0.25, 0.3) is 0 Å². The molecule has 0 atom stereocenters. The van der Waals surface area contributed by atoms with Gasteiger partial charge in [0.2, 0.25) is 0 Å². The molecular weight excluding hydrogens is 218 g/mol. The molecule has 90 valence electrons. The number of nitrogens with zero attached hydrogens (tertiary/aromatic N) is 1. The highest BCUT2D eigenvalue weighted by atomic mass is 32.1. The van der Waals surface area contributed by atoms with E-state index >= 15 is 0 Å². The Morgan fingerprint density at radius 2 is 2.12 bits per heavy atom. The second-order valence-electron chi connectivity index (χ2n) is 4.56. The molecular formula is C13H21NOS. The fourth-order valence-corrected chi connectivity index (χ4v) is 2.48. The van der Waals surface area contributed by atoms with Gasteiger partial charge in [-0.25, -0.2) is 0 Å². The first-order valence-electron chi connectivity index (χ1n) is 5.85. The van der Waals surface area contributed by atoms with E-state index in [-0.39, 0.29) is 5.78 Å². The van der Waals surface area contributed by atoms with Gasteiger partial charge in [0.05, 0.1) is 11.4 Å². The number of aryl methyl sites for hydroxylation is 1. The molecule has 0 saturated carbocycles. The van der Waals surface area contributed by atoms with Gasteiger partial charge in [0, 0.05) is 11.4 Å². The number of carbonyl (C=O) groups excluding carboxylic acids is 1. The van der Waals surface area contributed by atoms with Gasteiger partial charge in [-0.3, -0.25) is 9.69 Å². The normalized spacial score (nSPS) is 11.4. The molecule has 0 fully saturated rings. The van der Waals surface area contributed by atoms with Crippen LogP contribution in [0.4, 0.5) is 0 Å². The zero-order valence-electron chi connectivity index (χ0n) is 10.6. The fraction of sp³-hybridized carbons (Fsp3) is 0.615. The molecule has 1 aromatic rings. The van der Waals surface area contributed by atoms with E-state index in [1.54, 1.807) is 11.3 Å². The minimum atomic E-state index is 0.251. The third-order valence-electron chi connectivity index (χ3n) is 2.45. The Hall–Kier alpha value is -0.670. The molecule has 0 amide bonds. The van der Waals surface area contributed by atoms with Crippen molar-refractivity contribution in [2.24, 2.45) is 5.92 Å². The molecule has 0 radical (unpaired) electrons. The topological polar surface area (TPSA) is 20.3 Å². The largest absolute Gasteiger partial charge is 0.296 e. The third-order valence-corrected chi connectivity index (χ3v) is 3.49. The zero-order chi connectivity index (χ0) is 12.1. The Balaban J connectivity index is 2.55. The first-order valence-corrected chi connectivity index (χ1v) is 6.66. The van der Waals surface area contributed by atoms with Gasteiger partial charge < -0.3 is 0 Å². The van der Waals surface area contributed by atoms with E-state index in [9.17, 15) is 4.79 Å². The minimum absolute atomic E-state index is 0.251. The molecule has 0 aliphatic rings. The Morgan fingerprint density at radius 3 is 2.56 bits per heavy atom. The highest BCUT2D eigenvalue weighted by Gasteiger charge is 2.13. The molecule has 0 aromatic carbocycles. The second-order valence-corrected chi connectivity index (χ2v) is 5.84. The number of hydrogen-bond donors (Lipinski definition) is 0. The number of carbonyl (C=O) groups is 1. The summed E-state index contributed by atoms with van der Waals surface area (Å²) in [7, 11) is 0. The molecule has 0 N–H and O–H groups in total. The highest BCUT2D eigenvalue weighted by Crippen LogP contribution is 2.16. The molecule has 16 heavy (non-hydrogen) atoms. The van der Waals surface area contributed by atoms with E-state index in [4.69, 9.17) is 0 Å². The lowest BCUT2D eigenvalue weighted by molar-refractivity contribution is 0.0930. The van der Waals surface area contributed by atoms with Crippen LogP contribution in [0.25, 0.3) is 0 Å². The van der Waals surface area contributed by atoms with Crippen LogP contribution < -0.4 is 0 Å². The lowest BCUT2D eigenvalue weighted by Crippen LogP contribution is -2.32. The van der Waals surface area contributed by atoms with Gasteiger partial charge in [0.1, 0.15) is 0 Å². The summed E-state index contributed by atoms with van der Waals surface area (Å²) in [6.07, 6.45) is 0. The number of rotatable bonds is 6. The van der Waals surface area contributed by atoms with Crippen LogP contribution in [0.2, 0.25) is 0 Å². The average molecular weight is 239 g/mol. The Kier molecular flexibility index (Phi) is 5.16. The first-order chi connectivity index (χ1) is 7.52. The Bertz CT molecular complexity index is 343. The quantitative estimate of drug-likeness (QED) is 0.710. The first kappa shape index (κ1) is 13.4. The minimum Gasteiger partial charge on any atom is -0.296 e. The van der Waals surface area contributed by atoms with Crippen molar-refractivity contribution in [1.82, 2.24) is 4.90 Å². The summed E-state index contributed by atoms with van der Waals surface area (Å²) < 4.78 is 0. The van der Waals surface area contributed by atoms with Crippen LogP contribution >= 0.6 is 11.3 Å². The van der Waals surface area contributed by atoms with Crippen LogP contribution in [0, 0.1) is 12.8 Å². The van der Waals surface area contributed by atoms with Gasteiger partial charge in [0.15, 0.2) is 5.78 Å². The maximum Gasteiger partial charge on any atom is 0.186 e. The summed E-state index contributed by atoms with van der Waals surface area (Å²) in [6.45, 7) is 11.0. The van der Waals surface area contributed by atoms with E-state index in [0.29, 0.717) is 12.5 Å². The second kappa shape index (κ2) is 6.16. The van der Waals surface area contributed by atoms with Gasteiger partial charge in [-0.2, -0.15) is 0 Å². The van der Waals surface area contributed by atoms with Crippen molar-refractivity contribution in [1.29, 1.82) is 0 Å². The van der Waals surface area contributed by atoms with Gasteiger partial charge in [-0.15, -0.1) is 11.3 Å². The van der Waals surface area contributed by atoms with Crippen LogP contribution in [0.5, 0.6) is 0 Å². The smallest absolute Gasteiger partial charge is 0.186 e. The van der Waals surface area contributed by atoms with Crippen molar-refractivity contribution >= 4 is 17.1 Å². The summed E-state index contributed by atoms with van der Waals surface area (Å²) in [5.74, 6) is 0.860. The average Bonchev–Trinajstić information content (AvgIpc) is 2.63. The SMILES string of the molecule is CCN(CC(=O)c1ccc(C)s1)CC(C)C. The highest BCUT2D eigenvalue weighted by molar-refractivity contribution is 7.14. The number of Topliss-reactive ketones (excluding diaryl/α,β-unsaturated/α-hetero) is 1.